The molecule has 0 amide bonds. The number of oxime groups is 1. The van der Waals surface area contributed by atoms with E-state index in [4.69, 9.17) is 9.29 Å². The maximum atomic E-state index is 11.0. The van der Waals surface area contributed by atoms with E-state index in [0.717, 1.165) is 37.4 Å². The van der Waals surface area contributed by atoms with Crippen molar-refractivity contribution in [2.45, 2.75) is 68.4 Å². The molecule has 1 aliphatic heterocycles. The quantitative estimate of drug-likeness (QED) is 0.0789. The van der Waals surface area contributed by atoms with Crippen molar-refractivity contribution in [3.63, 3.8) is 0 Å². The van der Waals surface area contributed by atoms with Crippen molar-refractivity contribution < 1.29 is 46.6 Å². The van der Waals surface area contributed by atoms with E-state index in [-0.39, 0.29) is 11.5 Å². The van der Waals surface area contributed by atoms with Crippen molar-refractivity contribution in [1.29, 1.82) is 0 Å². The van der Waals surface area contributed by atoms with E-state index >= 15 is 0 Å². The SMILES string of the molecule is CS(=O)CCCCCCC/C(=N/OS(=O)(=O)O)S[C@@H]1O[C@H](CO)[C@@H](O)[C@H](O)[C@H]1O. The van der Waals surface area contributed by atoms with Crippen LogP contribution in [0.3, 0.4) is 0 Å². The van der Waals surface area contributed by atoms with Gasteiger partial charge in [-0.05, 0) is 19.3 Å². The van der Waals surface area contributed by atoms with E-state index < -0.39 is 57.7 Å². The van der Waals surface area contributed by atoms with E-state index in [1.807, 2.05) is 0 Å². The zero-order chi connectivity index (χ0) is 22.0. The molecule has 0 aromatic rings. The van der Waals surface area contributed by atoms with Gasteiger partial charge < -0.3 is 25.2 Å². The van der Waals surface area contributed by atoms with Gasteiger partial charge in [0.25, 0.3) is 0 Å². The van der Waals surface area contributed by atoms with Crippen LogP contribution < -0.4 is 0 Å². The predicted octanol–water partition coefficient (Wildman–Crippen LogP) is -0.628. The van der Waals surface area contributed by atoms with E-state index in [0.29, 0.717) is 12.2 Å². The molecule has 5 N–H and O–H groups in total. The molecule has 172 valence electrons. The van der Waals surface area contributed by atoms with Crippen molar-refractivity contribution >= 4 is 38.0 Å². The van der Waals surface area contributed by atoms with E-state index in [2.05, 4.69) is 9.44 Å². The van der Waals surface area contributed by atoms with E-state index in [1.54, 1.807) is 6.26 Å². The summed E-state index contributed by atoms with van der Waals surface area (Å²) in [5, 5.41) is 42.4. The fraction of sp³-hybridized carbons (Fsp3) is 0.933. The van der Waals surface area contributed by atoms with Crippen LogP contribution in [0, 0.1) is 0 Å². The Hall–Kier alpha value is -0.320. The number of aliphatic hydroxyl groups is 4. The number of nitrogens with zero attached hydrogens (tertiary/aromatic N) is 1. The van der Waals surface area contributed by atoms with Gasteiger partial charge >= 0.3 is 10.4 Å². The Balaban J connectivity index is 2.64. The molecule has 0 radical (unpaired) electrons. The lowest BCUT2D eigenvalue weighted by Gasteiger charge is -2.39. The molecule has 0 bridgehead atoms. The number of hydrogen-bond donors (Lipinski definition) is 5. The van der Waals surface area contributed by atoms with Crippen LogP contribution in [0.1, 0.15) is 38.5 Å². The van der Waals surface area contributed by atoms with Gasteiger partial charge in [0, 0.05) is 22.8 Å². The highest BCUT2D eigenvalue weighted by Gasteiger charge is 2.44. The molecule has 6 atom stereocenters. The molecule has 0 aromatic carbocycles. The lowest BCUT2D eigenvalue weighted by Crippen LogP contribution is -2.57. The second-order valence-electron chi connectivity index (χ2n) is 6.60. The summed E-state index contributed by atoms with van der Waals surface area (Å²) in [5.74, 6) is 0.641. The summed E-state index contributed by atoms with van der Waals surface area (Å²) < 4.78 is 50.7. The predicted molar refractivity (Wildman–Crippen MR) is 108 cm³/mol. The molecule has 1 heterocycles. The van der Waals surface area contributed by atoms with E-state index in [1.165, 1.54) is 0 Å². The van der Waals surface area contributed by atoms with Gasteiger partial charge in [0.2, 0.25) is 0 Å². The van der Waals surface area contributed by atoms with Crippen LogP contribution in [0.25, 0.3) is 0 Å². The number of unbranched alkanes of at least 4 members (excludes halogenated alkanes) is 4. The van der Waals surface area contributed by atoms with Gasteiger partial charge in [0.1, 0.15) is 34.9 Å². The third-order valence-electron chi connectivity index (χ3n) is 4.16. The zero-order valence-corrected chi connectivity index (χ0v) is 18.4. The molecule has 0 saturated carbocycles. The third kappa shape index (κ3) is 10.5. The summed E-state index contributed by atoms with van der Waals surface area (Å²) in [4.78, 5) is 0. The number of rotatable bonds is 12. The Bertz CT molecular complexity index is 642. The minimum Gasteiger partial charge on any atom is -0.394 e. The van der Waals surface area contributed by atoms with Crippen molar-refractivity contribution in [3.8, 4) is 0 Å². The highest BCUT2D eigenvalue weighted by atomic mass is 32.3. The Morgan fingerprint density at radius 2 is 1.72 bits per heavy atom. The highest BCUT2D eigenvalue weighted by molar-refractivity contribution is 8.14. The van der Waals surface area contributed by atoms with Gasteiger partial charge in [-0.3, -0.25) is 8.76 Å². The van der Waals surface area contributed by atoms with Gasteiger partial charge in [-0.15, -0.1) is 0 Å². The summed E-state index contributed by atoms with van der Waals surface area (Å²) in [6.07, 6.45) is 0.136. The van der Waals surface area contributed by atoms with Crippen LogP contribution in [-0.2, 0) is 30.2 Å². The number of hydrogen-bond acceptors (Lipinski definition) is 11. The van der Waals surface area contributed by atoms with E-state index in [9.17, 15) is 33.1 Å². The second-order valence-corrected chi connectivity index (χ2v) is 10.3. The third-order valence-corrected chi connectivity index (χ3v) is 6.46. The smallest absolute Gasteiger partial charge is 0.394 e. The van der Waals surface area contributed by atoms with Crippen LogP contribution in [0.2, 0.25) is 0 Å². The Morgan fingerprint density at radius 3 is 2.31 bits per heavy atom. The van der Waals surface area contributed by atoms with Crippen LogP contribution in [0.4, 0.5) is 0 Å². The topological polar surface area (TPSA) is 183 Å². The van der Waals surface area contributed by atoms with Crippen molar-refractivity contribution in [2.75, 3.05) is 18.6 Å². The molecule has 29 heavy (non-hydrogen) atoms. The van der Waals surface area contributed by atoms with Gasteiger partial charge in [-0.25, -0.2) is 4.28 Å². The van der Waals surface area contributed by atoms with Crippen LogP contribution in [0.5, 0.6) is 0 Å². The first-order valence-electron chi connectivity index (χ1n) is 9.05. The maximum absolute atomic E-state index is 11.0. The normalized spacial score (nSPS) is 29.6. The Morgan fingerprint density at radius 1 is 1.10 bits per heavy atom. The lowest BCUT2D eigenvalue weighted by atomic mass is 10.0. The Kier molecular flexibility index (Phi) is 12.1. The van der Waals surface area contributed by atoms with Crippen LogP contribution in [-0.4, -0.2) is 91.1 Å². The minimum atomic E-state index is -4.82. The molecule has 1 rings (SSSR count). The molecular formula is C15H29NO10S3. The monoisotopic (exact) mass is 479 g/mol. The van der Waals surface area contributed by atoms with Gasteiger partial charge in [0.05, 0.1) is 6.61 Å². The minimum absolute atomic E-state index is 0.0848. The summed E-state index contributed by atoms with van der Waals surface area (Å²) >= 11 is 0.766. The molecule has 0 aromatic heterocycles. The Labute approximate surface area is 176 Å². The van der Waals surface area contributed by atoms with Gasteiger partial charge in [-0.1, -0.05) is 36.2 Å². The summed E-state index contributed by atoms with van der Waals surface area (Å²) in [6.45, 7) is -0.599. The standard InChI is InChI=1S/C15H29NO10S3/c1-28(21)8-6-4-2-3-5-7-11(16-26-29(22,23)24)27-15-14(20)13(19)12(18)10(9-17)25-15/h10,12-15,17-20H,2-9H2,1H3,(H,22,23,24)/b16-11-/t10-,12-,13+,14-,15+,28?/m1/s1. The first-order valence-corrected chi connectivity index (χ1v) is 13.0. The molecule has 0 spiro atoms. The number of ether oxygens (including phenoxy) is 1. The van der Waals surface area contributed by atoms with Gasteiger partial charge in [-0.2, -0.15) is 8.42 Å². The van der Waals surface area contributed by atoms with Crippen LogP contribution >= 0.6 is 11.8 Å². The largest absolute Gasteiger partial charge is 0.466 e. The zero-order valence-electron chi connectivity index (χ0n) is 16.0. The molecule has 1 fully saturated rings. The van der Waals surface area contributed by atoms with Crippen molar-refractivity contribution in [3.05, 3.63) is 0 Å². The van der Waals surface area contributed by atoms with Crippen LogP contribution in [0.15, 0.2) is 5.16 Å². The molecule has 11 nitrogen and oxygen atoms in total. The average molecular weight is 480 g/mol. The summed E-state index contributed by atoms with van der Waals surface area (Å²) in [7, 11) is -5.64. The summed E-state index contributed by atoms with van der Waals surface area (Å²) in [6, 6.07) is 0. The molecule has 1 aliphatic rings. The highest BCUT2D eigenvalue weighted by Crippen LogP contribution is 2.30. The first-order chi connectivity index (χ1) is 13.5. The molecule has 14 heteroatoms. The fourth-order valence-corrected chi connectivity index (χ4v) is 4.58. The number of aliphatic hydroxyl groups excluding tert-OH is 4. The molecule has 1 unspecified atom stereocenters. The average Bonchev–Trinajstić information content (AvgIpc) is 2.64. The van der Waals surface area contributed by atoms with Crippen molar-refractivity contribution in [2.24, 2.45) is 5.16 Å². The molecule has 0 aliphatic carbocycles. The molecule has 1 saturated heterocycles. The fourth-order valence-electron chi connectivity index (χ4n) is 2.63. The molecular weight excluding hydrogens is 450 g/mol. The number of thioether (sulfide) groups is 1. The lowest BCUT2D eigenvalue weighted by molar-refractivity contribution is -0.205. The second kappa shape index (κ2) is 13.2. The maximum Gasteiger partial charge on any atom is 0.466 e. The van der Waals surface area contributed by atoms with Gasteiger partial charge in [0.15, 0.2) is 0 Å². The van der Waals surface area contributed by atoms with Crippen molar-refractivity contribution in [1.82, 2.24) is 0 Å². The first kappa shape index (κ1) is 26.7. The summed E-state index contributed by atoms with van der Waals surface area (Å²) in [5.41, 5.74) is -1.14.